The van der Waals surface area contributed by atoms with Crippen LogP contribution in [0.5, 0.6) is 5.75 Å². The Morgan fingerprint density at radius 2 is 1.86 bits per heavy atom. The van der Waals surface area contributed by atoms with Crippen molar-refractivity contribution in [3.05, 3.63) is 69.7 Å². The maximum absolute atomic E-state index is 13.2. The summed E-state index contributed by atoms with van der Waals surface area (Å²) in [5.41, 5.74) is 11.4. The number of azide groups is 1. The number of methoxy groups -OCH3 is 2. The van der Waals surface area contributed by atoms with Crippen LogP contribution in [0, 0.1) is 6.92 Å². The summed E-state index contributed by atoms with van der Waals surface area (Å²) in [6.07, 6.45) is 0.0438. The lowest BCUT2D eigenvalue weighted by Crippen LogP contribution is -2.14. The number of benzene rings is 2. The van der Waals surface area contributed by atoms with E-state index in [4.69, 9.17) is 15.0 Å². The average Bonchev–Trinajstić information content (AvgIpc) is 2.99. The van der Waals surface area contributed by atoms with Gasteiger partial charge in [-0.25, -0.2) is 0 Å². The van der Waals surface area contributed by atoms with Crippen molar-refractivity contribution in [2.75, 3.05) is 14.2 Å². The van der Waals surface area contributed by atoms with Gasteiger partial charge in [-0.1, -0.05) is 17.2 Å². The molecule has 0 aliphatic carbocycles. The minimum atomic E-state index is -0.392. The molecule has 8 nitrogen and oxygen atoms in total. The highest BCUT2D eigenvalue weighted by atomic mass is 16.5. The van der Waals surface area contributed by atoms with Crippen LogP contribution in [0.25, 0.3) is 21.3 Å². The number of carbonyl (C=O) groups excluding carboxylic acids is 2. The third-order valence-corrected chi connectivity index (χ3v) is 4.57. The normalized spacial score (nSPS) is 10.4. The molecule has 28 heavy (non-hydrogen) atoms. The zero-order chi connectivity index (χ0) is 20.3. The quantitative estimate of drug-likeness (QED) is 0.285. The summed E-state index contributed by atoms with van der Waals surface area (Å²) >= 11 is 0. The third-order valence-electron chi connectivity index (χ3n) is 4.57. The Bertz CT molecular complexity index is 1110. The Kier molecular flexibility index (Phi) is 5.33. The van der Waals surface area contributed by atoms with Crippen LogP contribution < -0.4 is 4.74 Å². The Morgan fingerprint density at radius 3 is 2.46 bits per heavy atom. The van der Waals surface area contributed by atoms with E-state index in [9.17, 15) is 9.59 Å². The number of hydrogen-bond donors (Lipinski definition) is 0. The highest BCUT2D eigenvalue weighted by Gasteiger charge is 2.22. The summed E-state index contributed by atoms with van der Waals surface area (Å²) in [5, 5.41) is 4.26. The van der Waals surface area contributed by atoms with Crippen LogP contribution >= 0.6 is 0 Å². The maximum atomic E-state index is 13.2. The van der Waals surface area contributed by atoms with Crippen molar-refractivity contribution >= 4 is 28.5 Å². The summed E-state index contributed by atoms with van der Waals surface area (Å²) in [6, 6.07) is 11.7. The van der Waals surface area contributed by atoms with Gasteiger partial charge in [-0.3, -0.25) is 14.2 Å². The molecule has 0 aliphatic rings. The number of carbonyl (C=O) groups is 2. The number of hydrogen-bond acceptors (Lipinski definition) is 5. The standard InChI is InChI=1S/C20H18N4O4/c1-12-16(11-19(25)28-3)17-10-15(27-2)8-9-18(17)24(12)20(26)13-4-6-14(7-5-13)22-23-21/h4-10H,11H2,1-3H3. The Balaban J connectivity index is 2.16. The second-order valence-corrected chi connectivity index (χ2v) is 6.08. The predicted octanol–water partition coefficient (Wildman–Crippen LogP) is 4.30. The molecule has 3 rings (SSSR count). The van der Waals surface area contributed by atoms with Crippen LogP contribution in [0.4, 0.5) is 5.69 Å². The molecule has 0 amide bonds. The molecule has 0 N–H and O–H groups in total. The van der Waals surface area contributed by atoms with Gasteiger partial charge in [-0.2, -0.15) is 0 Å². The Labute approximate surface area is 160 Å². The number of nitrogens with zero attached hydrogens (tertiary/aromatic N) is 4. The van der Waals surface area contributed by atoms with Crippen LogP contribution in [0.3, 0.4) is 0 Å². The van der Waals surface area contributed by atoms with Gasteiger partial charge in [0.15, 0.2) is 0 Å². The number of rotatable bonds is 5. The molecule has 2 aromatic carbocycles. The van der Waals surface area contributed by atoms with Gasteiger partial charge < -0.3 is 9.47 Å². The molecule has 0 saturated heterocycles. The molecule has 0 fully saturated rings. The van der Waals surface area contributed by atoms with Crippen molar-refractivity contribution in [3.63, 3.8) is 0 Å². The zero-order valence-corrected chi connectivity index (χ0v) is 15.7. The number of fused-ring (bicyclic) bond motifs is 1. The Hall–Kier alpha value is -3.77. The van der Waals surface area contributed by atoms with E-state index < -0.39 is 5.97 Å². The van der Waals surface area contributed by atoms with Crippen LogP contribution in [-0.2, 0) is 16.0 Å². The van der Waals surface area contributed by atoms with E-state index in [1.54, 1.807) is 61.1 Å². The second-order valence-electron chi connectivity index (χ2n) is 6.08. The van der Waals surface area contributed by atoms with Crippen molar-refractivity contribution in [1.29, 1.82) is 0 Å². The summed E-state index contributed by atoms with van der Waals surface area (Å²) in [4.78, 5) is 27.8. The minimum Gasteiger partial charge on any atom is -0.497 e. The van der Waals surface area contributed by atoms with Gasteiger partial charge >= 0.3 is 5.97 Å². The van der Waals surface area contributed by atoms with E-state index in [2.05, 4.69) is 10.0 Å². The first-order chi connectivity index (χ1) is 13.5. The highest BCUT2D eigenvalue weighted by Crippen LogP contribution is 2.31. The topological polar surface area (TPSA) is 106 Å². The molecule has 1 heterocycles. The smallest absolute Gasteiger partial charge is 0.310 e. The lowest BCUT2D eigenvalue weighted by Gasteiger charge is -2.08. The van der Waals surface area contributed by atoms with Gasteiger partial charge in [0.25, 0.3) is 5.91 Å². The van der Waals surface area contributed by atoms with Gasteiger partial charge in [0.1, 0.15) is 5.75 Å². The molecule has 0 radical (unpaired) electrons. The van der Waals surface area contributed by atoms with E-state index in [1.807, 2.05) is 0 Å². The van der Waals surface area contributed by atoms with Crippen molar-refractivity contribution in [2.24, 2.45) is 5.11 Å². The van der Waals surface area contributed by atoms with E-state index in [-0.39, 0.29) is 12.3 Å². The molecule has 0 spiro atoms. The Morgan fingerprint density at radius 1 is 1.14 bits per heavy atom. The second kappa shape index (κ2) is 7.85. The number of aromatic nitrogens is 1. The molecule has 0 saturated carbocycles. The van der Waals surface area contributed by atoms with Crippen molar-refractivity contribution < 1.29 is 19.1 Å². The molecule has 3 aromatic rings. The highest BCUT2D eigenvalue weighted by molar-refractivity contribution is 6.05. The molecule has 142 valence electrons. The summed E-state index contributed by atoms with van der Waals surface area (Å²) in [6.45, 7) is 1.79. The van der Waals surface area contributed by atoms with E-state index in [1.165, 1.54) is 7.11 Å². The van der Waals surface area contributed by atoms with Crippen LogP contribution in [0.1, 0.15) is 21.6 Å². The third kappa shape index (κ3) is 3.41. The van der Waals surface area contributed by atoms with Gasteiger partial charge in [0.05, 0.1) is 26.2 Å². The maximum Gasteiger partial charge on any atom is 0.310 e. The molecule has 0 atom stereocenters. The molecule has 1 aromatic heterocycles. The monoisotopic (exact) mass is 378 g/mol. The van der Waals surface area contributed by atoms with E-state index >= 15 is 0 Å². The van der Waals surface area contributed by atoms with Crippen molar-refractivity contribution in [3.8, 4) is 5.75 Å². The van der Waals surface area contributed by atoms with E-state index in [0.717, 1.165) is 5.39 Å². The average molecular weight is 378 g/mol. The van der Waals surface area contributed by atoms with Gasteiger partial charge in [-0.15, -0.1) is 0 Å². The fraction of sp³-hybridized carbons (Fsp3) is 0.200. The van der Waals surface area contributed by atoms with Crippen LogP contribution in [-0.4, -0.2) is 30.7 Å². The van der Waals surface area contributed by atoms with E-state index in [0.29, 0.717) is 33.8 Å². The van der Waals surface area contributed by atoms with Gasteiger partial charge in [0, 0.05) is 27.2 Å². The fourth-order valence-electron chi connectivity index (χ4n) is 3.14. The predicted molar refractivity (Wildman–Crippen MR) is 104 cm³/mol. The SMILES string of the molecule is COC(=O)Cc1c(C)n(C(=O)c2ccc(N=[N+]=[N-])cc2)c2ccc(OC)cc12. The lowest BCUT2D eigenvalue weighted by molar-refractivity contribution is -0.139. The molecular weight excluding hydrogens is 360 g/mol. The molecule has 8 heteroatoms. The first-order valence-corrected chi connectivity index (χ1v) is 8.44. The molecule has 0 aliphatic heterocycles. The first-order valence-electron chi connectivity index (χ1n) is 8.44. The molecule has 0 unspecified atom stereocenters. The van der Waals surface area contributed by atoms with Crippen LogP contribution in [0.2, 0.25) is 0 Å². The van der Waals surface area contributed by atoms with Gasteiger partial charge in [-0.05, 0) is 48.4 Å². The lowest BCUT2D eigenvalue weighted by atomic mass is 10.1. The largest absolute Gasteiger partial charge is 0.497 e. The fourth-order valence-corrected chi connectivity index (χ4v) is 3.14. The summed E-state index contributed by atoms with van der Waals surface area (Å²) < 4.78 is 11.7. The van der Waals surface area contributed by atoms with Crippen molar-refractivity contribution in [1.82, 2.24) is 4.57 Å². The summed E-state index contributed by atoms with van der Waals surface area (Å²) in [7, 11) is 2.88. The number of esters is 1. The molecule has 0 bridgehead atoms. The zero-order valence-electron chi connectivity index (χ0n) is 15.7. The first kappa shape index (κ1) is 19.0. The van der Waals surface area contributed by atoms with Gasteiger partial charge in [0.2, 0.25) is 0 Å². The summed E-state index contributed by atoms with van der Waals surface area (Å²) in [5.74, 6) is -0.0191. The number of ether oxygens (including phenoxy) is 2. The minimum absolute atomic E-state index is 0.0438. The molecular formula is C20H18N4O4. The van der Waals surface area contributed by atoms with Crippen molar-refractivity contribution in [2.45, 2.75) is 13.3 Å². The van der Waals surface area contributed by atoms with Crippen LogP contribution in [0.15, 0.2) is 47.6 Å².